The van der Waals surface area contributed by atoms with Crippen LogP contribution < -0.4 is 0 Å². The molecule has 0 N–H and O–H groups in total. The predicted octanol–water partition coefficient (Wildman–Crippen LogP) is 14.4. The first-order valence-electron chi connectivity index (χ1n) is 17.1. The Bertz CT molecular complexity index is 3090. The molecule has 0 unspecified atom stereocenters. The van der Waals surface area contributed by atoms with Gasteiger partial charge in [-0.15, -0.1) is 11.3 Å². The van der Waals surface area contributed by atoms with Gasteiger partial charge in [0.25, 0.3) is 0 Å². The molecule has 2 heterocycles. The van der Waals surface area contributed by atoms with Crippen LogP contribution in [0.25, 0.3) is 108 Å². The number of hydrogen-bond acceptors (Lipinski definition) is 2. The minimum atomic E-state index is 0.904. The number of fused-ring (bicyclic) bond motifs is 10. The predicted molar refractivity (Wildman–Crippen MR) is 215 cm³/mol. The van der Waals surface area contributed by atoms with Crippen molar-refractivity contribution < 1.29 is 4.42 Å². The highest BCUT2D eigenvalue weighted by atomic mass is 32.1. The van der Waals surface area contributed by atoms with Crippen LogP contribution in [-0.4, -0.2) is 0 Å². The third-order valence-electron chi connectivity index (χ3n) is 10.5. The van der Waals surface area contributed by atoms with Crippen LogP contribution in [0.4, 0.5) is 0 Å². The topological polar surface area (TPSA) is 13.1 Å². The monoisotopic (exact) mass is 652 g/mol. The van der Waals surface area contributed by atoms with Crippen LogP contribution in [0.15, 0.2) is 174 Å². The summed E-state index contributed by atoms with van der Waals surface area (Å²) in [6.07, 6.45) is 0. The molecule has 50 heavy (non-hydrogen) atoms. The molecule has 0 aliphatic heterocycles. The number of thiophene rings is 1. The van der Waals surface area contributed by atoms with E-state index in [9.17, 15) is 0 Å². The summed E-state index contributed by atoms with van der Waals surface area (Å²) in [5.41, 5.74) is 9.14. The minimum absolute atomic E-state index is 0.904. The summed E-state index contributed by atoms with van der Waals surface area (Å²) in [5, 5.41) is 12.5. The Morgan fingerprint density at radius 2 is 0.920 bits per heavy atom. The average molecular weight is 653 g/mol. The van der Waals surface area contributed by atoms with Gasteiger partial charge >= 0.3 is 0 Å². The molecule has 2 heteroatoms. The lowest BCUT2D eigenvalue weighted by atomic mass is 9.86. The van der Waals surface area contributed by atoms with Crippen molar-refractivity contribution in [3.63, 3.8) is 0 Å². The first-order valence-corrected chi connectivity index (χ1v) is 17.9. The fourth-order valence-corrected chi connectivity index (χ4v) is 9.50. The number of benzene rings is 9. The highest BCUT2D eigenvalue weighted by Crippen LogP contribution is 2.46. The van der Waals surface area contributed by atoms with Gasteiger partial charge in [-0.2, -0.15) is 0 Å². The fraction of sp³-hybridized carbons (Fsp3) is 0. The molecule has 232 valence electrons. The van der Waals surface area contributed by atoms with Crippen molar-refractivity contribution in [2.75, 3.05) is 0 Å². The largest absolute Gasteiger partial charge is 0.456 e. The van der Waals surface area contributed by atoms with Gasteiger partial charge in [-0.3, -0.25) is 0 Å². The molecule has 11 rings (SSSR count). The zero-order valence-electron chi connectivity index (χ0n) is 27.0. The van der Waals surface area contributed by atoms with E-state index in [1.165, 1.54) is 80.3 Å². The lowest BCUT2D eigenvalue weighted by Gasteiger charge is -2.17. The summed E-state index contributed by atoms with van der Waals surface area (Å²) in [6.45, 7) is 0. The quantitative estimate of drug-likeness (QED) is 0.173. The van der Waals surface area contributed by atoms with Crippen LogP contribution in [0.2, 0.25) is 0 Å². The van der Waals surface area contributed by atoms with Crippen molar-refractivity contribution in [2.45, 2.75) is 0 Å². The van der Waals surface area contributed by atoms with E-state index in [2.05, 4.69) is 170 Å². The maximum atomic E-state index is 6.73. The van der Waals surface area contributed by atoms with Crippen molar-refractivity contribution in [3.05, 3.63) is 170 Å². The first-order chi connectivity index (χ1) is 24.8. The summed E-state index contributed by atoms with van der Waals surface area (Å²) < 4.78 is 9.36. The summed E-state index contributed by atoms with van der Waals surface area (Å²) in [7, 11) is 0. The molecule has 0 aliphatic rings. The standard InChI is InChI=1S/C48H28OS/c1-2-12-30(13-3-1)45-37-15-6-8-17-39(37)46(40-18-9-7-16-38(40)45)32-22-25-36-35-24-21-31(27-42(35)49-43(36)28-32)34-19-10-20-41-47-33-14-5-4-11-29(33)23-26-44(47)50-48(34)41/h1-28H. The van der Waals surface area contributed by atoms with Crippen LogP contribution in [-0.2, 0) is 0 Å². The third-order valence-corrected chi connectivity index (χ3v) is 11.7. The minimum Gasteiger partial charge on any atom is -0.456 e. The van der Waals surface area contributed by atoms with Gasteiger partial charge in [0.15, 0.2) is 0 Å². The molecular weight excluding hydrogens is 625 g/mol. The highest BCUT2D eigenvalue weighted by molar-refractivity contribution is 7.26. The Morgan fingerprint density at radius 3 is 1.62 bits per heavy atom. The Kier molecular flexibility index (Phi) is 5.89. The van der Waals surface area contributed by atoms with E-state index in [0.717, 1.165) is 27.5 Å². The third kappa shape index (κ3) is 4.00. The van der Waals surface area contributed by atoms with Crippen molar-refractivity contribution in [2.24, 2.45) is 0 Å². The zero-order chi connectivity index (χ0) is 32.8. The van der Waals surface area contributed by atoms with Gasteiger partial charge in [0.05, 0.1) is 0 Å². The number of hydrogen-bond donors (Lipinski definition) is 0. The van der Waals surface area contributed by atoms with E-state index < -0.39 is 0 Å². The SMILES string of the molecule is c1ccc(-c2c3ccccc3c(-c3ccc4c(c3)oc3cc(-c5cccc6c5sc5ccc7ccccc7c56)ccc34)c3ccccc23)cc1. The Labute approximate surface area is 292 Å². The van der Waals surface area contributed by atoms with Gasteiger partial charge in [0.2, 0.25) is 0 Å². The number of rotatable bonds is 3. The summed E-state index contributed by atoms with van der Waals surface area (Å²) in [4.78, 5) is 0. The lowest BCUT2D eigenvalue weighted by Crippen LogP contribution is -1.90. The van der Waals surface area contributed by atoms with E-state index in [1.54, 1.807) is 0 Å². The van der Waals surface area contributed by atoms with Gasteiger partial charge < -0.3 is 4.42 Å². The summed E-state index contributed by atoms with van der Waals surface area (Å²) in [5.74, 6) is 0. The Morgan fingerprint density at radius 1 is 0.360 bits per heavy atom. The van der Waals surface area contributed by atoms with Gasteiger partial charge in [-0.25, -0.2) is 0 Å². The van der Waals surface area contributed by atoms with Gasteiger partial charge in [-0.1, -0.05) is 140 Å². The highest BCUT2D eigenvalue weighted by Gasteiger charge is 2.19. The smallest absolute Gasteiger partial charge is 0.136 e. The van der Waals surface area contributed by atoms with Crippen molar-refractivity contribution in [1.29, 1.82) is 0 Å². The second kappa shape index (κ2) is 10.6. The van der Waals surface area contributed by atoms with Crippen LogP contribution in [0, 0.1) is 0 Å². The Balaban J connectivity index is 1.10. The molecule has 0 fully saturated rings. The molecule has 0 radical (unpaired) electrons. The van der Waals surface area contributed by atoms with Gasteiger partial charge in [0.1, 0.15) is 11.2 Å². The van der Waals surface area contributed by atoms with E-state index in [4.69, 9.17) is 4.42 Å². The average Bonchev–Trinajstić information content (AvgIpc) is 3.75. The van der Waals surface area contributed by atoms with Crippen LogP contribution in [0.5, 0.6) is 0 Å². The maximum absolute atomic E-state index is 6.73. The number of furan rings is 1. The van der Waals surface area contributed by atoms with Gasteiger partial charge in [-0.05, 0) is 96.0 Å². The zero-order valence-corrected chi connectivity index (χ0v) is 27.8. The second-order valence-corrected chi connectivity index (χ2v) is 14.2. The van der Waals surface area contributed by atoms with E-state index in [1.807, 2.05) is 11.3 Å². The normalized spacial score (nSPS) is 12.0. The fourth-order valence-electron chi connectivity index (χ4n) is 8.25. The molecular formula is C48H28OS. The first kappa shape index (κ1) is 27.7. The molecule has 0 amide bonds. The second-order valence-electron chi connectivity index (χ2n) is 13.2. The molecule has 0 atom stereocenters. The molecule has 0 spiro atoms. The molecule has 2 aromatic heterocycles. The van der Waals surface area contributed by atoms with Crippen LogP contribution in [0.1, 0.15) is 0 Å². The van der Waals surface area contributed by atoms with Crippen molar-refractivity contribution >= 4 is 85.8 Å². The summed E-state index contributed by atoms with van der Waals surface area (Å²) >= 11 is 1.88. The molecule has 9 aromatic carbocycles. The van der Waals surface area contributed by atoms with E-state index in [0.29, 0.717) is 0 Å². The van der Waals surface area contributed by atoms with Crippen molar-refractivity contribution in [3.8, 4) is 33.4 Å². The van der Waals surface area contributed by atoms with Crippen LogP contribution in [0.3, 0.4) is 0 Å². The Hall–Kier alpha value is -6.22. The van der Waals surface area contributed by atoms with Crippen molar-refractivity contribution in [1.82, 2.24) is 0 Å². The molecule has 0 aliphatic carbocycles. The van der Waals surface area contributed by atoms with E-state index >= 15 is 0 Å². The molecule has 1 nitrogen and oxygen atoms in total. The molecule has 11 aromatic rings. The lowest BCUT2D eigenvalue weighted by molar-refractivity contribution is 0.669. The molecule has 0 bridgehead atoms. The van der Waals surface area contributed by atoms with Gasteiger partial charge in [0, 0.05) is 30.9 Å². The maximum Gasteiger partial charge on any atom is 0.136 e. The van der Waals surface area contributed by atoms with E-state index in [-0.39, 0.29) is 0 Å². The molecule has 0 saturated heterocycles. The van der Waals surface area contributed by atoms with Crippen LogP contribution >= 0.6 is 11.3 Å². The summed E-state index contributed by atoms with van der Waals surface area (Å²) in [6, 6.07) is 61.8. The molecule has 0 saturated carbocycles.